The van der Waals surface area contributed by atoms with E-state index in [-0.39, 0.29) is 6.10 Å². The van der Waals surface area contributed by atoms with Crippen molar-refractivity contribution in [2.24, 2.45) is 0 Å². The van der Waals surface area contributed by atoms with Crippen molar-refractivity contribution in [3.63, 3.8) is 0 Å². The molecule has 0 aromatic carbocycles. The molecule has 1 heterocycles. The summed E-state index contributed by atoms with van der Waals surface area (Å²) < 4.78 is 9.64. The third kappa shape index (κ3) is 2.82. The molecule has 0 saturated carbocycles. The molecule has 0 fully saturated rings. The zero-order valence-electron chi connectivity index (χ0n) is 7.08. The number of hydrogen-bond acceptors (Lipinski definition) is 3. The van der Waals surface area contributed by atoms with Gasteiger partial charge in [0.15, 0.2) is 0 Å². The number of methoxy groups -OCH3 is 1. The van der Waals surface area contributed by atoms with Crippen LogP contribution in [-0.4, -0.2) is 25.9 Å². The molecule has 1 aliphatic rings. The van der Waals surface area contributed by atoms with Crippen molar-refractivity contribution < 1.29 is 14.3 Å². The Balaban J connectivity index is 2.14. The fraction of sp³-hybridized carbons (Fsp3) is 0.625. The minimum atomic E-state index is -0.409. The van der Waals surface area contributed by atoms with Gasteiger partial charge < -0.3 is 14.8 Å². The van der Waals surface area contributed by atoms with Crippen LogP contribution in [0.1, 0.15) is 12.8 Å². The zero-order valence-corrected chi connectivity index (χ0v) is 7.08. The molecule has 1 amide bonds. The average molecular weight is 171 g/mol. The first-order valence-corrected chi connectivity index (χ1v) is 3.95. The third-order valence-electron chi connectivity index (χ3n) is 1.68. The third-order valence-corrected chi connectivity index (χ3v) is 1.68. The van der Waals surface area contributed by atoms with Gasteiger partial charge in [0, 0.05) is 0 Å². The lowest BCUT2D eigenvalue weighted by Gasteiger charge is -2.18. The molecular weight excluding hydrogens is 158 g/mol. The Morgan fingerprint density at radius 3 is 3.25 bits per heavy atom. The van der Waals surface area contributed by atoms with Gasteiger partial charge >= 0.3 is 6.09 Å². The highest BCUT2D eigenvalue weighted by Crippen LogP contribution is 2.08. The molecule has 1 unspecified atom stereocenters. The van der Waals surface area contributed by atoms with Crippen LogP contribution in [0.2, 0.25) is 0 Å². The topological polar surface area (TPSA) is 47.6 Å². The van der Waals surface area contributed by atoms with Crippen LogP contribution >= 0.6 is 0 Å². The molecule has 4 nitrogen and oxygen atoms in total. The van der Waals surface area contributed by atoms with Crippen molar-refractivity contribution >= 4 is 6.09 Å². The number of carbonyl (C=O) groups excluding carboxylic acids is 1. The van der Waals surface area contributed by atoms with E-state index in [1.54, 1.807) is 6.26 Å². The molecule has 4 heteroatoms. The van der Waals surface area contributed by atoms with Crippen LogP contribution in [-0.2, 0) is 9.47 Å². The Labute approximate surface area is 71.5 Å². The molecule has 12 heavy (non-hydrogen) atoms. The summed E-state index contributed by atoms with van der Waals surface area (Å²) in [5.41, 5.74) is 0. The van der Waals surface area contributed by atoms with E-state index < -0.39 is 6.09 Å². The number of ether oxygens (including phenoxy) is 2. The summed E-state index contributed by atoms with van der Waals surface area (Å²) in [6.07, 6.45) is 5.28. The van der Waals surface area contributed by atoms with E-state index in [1.165, 1.54) is 7.11 Å². The second kappa shape index (κ2) is 4.64. The maximum Gasteiger partial charge on any atom is 0.406 e. The first-order valence-electron chi connectivity index (χ1n) is 3.95. The van der Waals surface area contributed by atoms with Gasteiger partial charge in [-0.05, 0) is 18.9 Å². The summed E-state index contributed by atoms with van der Waals surface area (Å²) in [5, 5.41) is 2.58. The second-order valence-corrected chi connectivity index (χ2v) is 2.58. The number of hydrogen-bond donors (Lipinski definition) is 1. The molecule has 0 aromatic heterocycles. The van der Waals surface area contributed by atoms with Gasteiger partial charge in [-0.25, -0.2) is 4.79 Å². The number of nitrogens with one attached hydrogen (secondary N) is 1. The van der Waals surface area contributed by atoms with Gasteiger partial charge in [-0.1, -0.05) is 0 Å². The summed E-state index contributed by atoms with van der Waals surface area (Å²) >= 11 is 0. The van der Waals surface area contributed by atoms with Gasteiger partial charge in [-0.15, -0.1) is 0 Å². The Bertz CT molecular complexity index is 179. The SMILES string of the molecule is COC(=O)NCC1CCC=CO1. The molecule has 1 rings (SSSR count). The van der Waals surface area contributed by atoms with E-state index in [9.17, 15) is 4.79 Å². The molecule has 68 valence electrons. The summed E-state index contributed by atoms with van der Waals surface area (Å²) in [4.78, 5) is 10.6. The normalized spacial score (nSPS) is 21.2. The fourth-order valence-corrected chi connectivity index (χ4v) is 1.00. The van der Waals surface area contributed by atoms with Crippen LogP contribution in [0.5, 0.6) is 0 Å². The average Bonchev–Trinajstić information content (AvgIpc) is 2.16. The predicted molar refractivity (Wildman–Crippen MR) is 43.7 cm³/mol. The molecule has 0 aromatic rings. The number of amides is 1. The molecule has 0 bridgehead atoms. The monoisotopic (exact) mass is 171 g/mol. The quantitative estimate of drug-likeness (QED) is 0.675. The zero-order chi connectivity index (χ0) is 8.81. The summed E-state index contributed by atoms with van der Waals surface area (Å²) in [5.74, 6) is 0. The Morgan fingerprint density at radius 1 is 1.83 bits per heavy atom. The smallest absolute Gasteiger partial charge is 0.406 e. The first-order chi connectivity index (χ1) is 5.83. The standard InChI is InChI=1S/C8H13NO3/c1-11-8(10)9-6-7-4-2-3-5-12-7/h3,5,7H,2,4,6H2,1H3,(H,9,10). The van der Waals surface area contributed by atoms with Gasteiger partial charge in [0.05, 0.1) is 19.9 Å². The molecule has 0 aliphatic carbocycles. The number of allylic oxidation sites excluding steroid dienone is 1. The number of rotatable bonds is 2. The van der Waals surface area contributed by atoms with Crippen LogP contribution in [0, 0.1) is 0 Å². The molecule has 1 aliphatic heterocycles. The van der Waals surface area contributed by atoms with Crippen molar-refractivity contribution in [2.45, 2.75) is 18.9 Å². The summed E-state index contributed by atoms with van der Waals surface area (Å²) in [6, 6.07) is 0. The van der Waals surface area contributed by atoms with Crippen LogP contribution in [0.4, 0.5) is 4.79 Å². The van der Waals surface area contributed by atoms with Crippen molar-refractivity contribution in [1.82, 2.24) is 5.32 Å². The maximum absolute atomic E-state index is 10.6. The van der Waals surface area contributed by atoms with E-state index >= 15 is 0 Å². The predicted octanol–water partition coefficient (Wildman–Crippen LogP) is 1.04. The van der Waals surface area contributed by atoms with E-state index in [0.717, 1.165) is 12.8 Å². The van der Waals surface area contributed by atoms with Gasteiger partial charge in [0.2, 0.25) is 0 Å². The van der Waals surface area contributed by atoms with Gasteiger partial charge in [0.25, 0.3) is 0 Å². The van der Waals surface area contributed by atoms with Gasteiger partial charge in [-0.2, -0.15) is 0 Å². The van der Waals surface area contributed by atoms with Crippen molar-refractivity contribution in [3.8, 4) is 0 Å². The Kier molecular flexibility index (Phi) is 3.44. The van der Waals surface area contributed by atoms with Crippen LogP contribution in [0.3, 0.4) is 0 Å². The second-order valence-electron chi connectivity index (χ2n) is 2.58. The molecule has 0 radical (unpaired) electrons. The minimum absolute atomic E-state index is 0.0918. The van der Waals surface area contributed by atoms with E-state index in [2.05, 4.69) is 10.1 Å². The molecule has 1 atom stereocenters. The highest BCUT2D eigenvalue weighted by Gasteiger charge is 2.11. The maximum atomic E-state index is 10.6. The van der Waals surface area contributed by atoms with Crippen molar-refractivity contribution in [3.05, 3.63) is 12.3 Å². The lowest BCUT2D eigenvalue weighted by Crippen LogP contribution is -2.33. The highest BCUT2D eigenvalue weighted by molar-refractivity contribution is 5.66. The molecule has 1 N–H and O–H groups in total. The molecule has 0 spiro atoms. The van der Waals surface area contributed by atoms with Crippen LogP contribution in [0.25, 0.3) is 0 Å². The molecule has 0 saturated heterocycles. The highest BCUT2D eigenvalue weighted by atomic mass is 16.5. The van der Waals surface area contributed by atoms with Crippen LogP contribution < -0.4 is 5.32 Å². The van der Waals surface area contributed by atoms with E-state index in [4.69, 9.17) is 4.74 Å². The van der Waals surface area contributed by atoms with Crippen molar-refractivity contribution in [1.29, 1.82) is 0 Å². The first kappa shape index (κ1) is 8.90. The Hall–Kier alpha value is -1.19. The fourth-order valence-electron chi connectivity index (χ4n) is 1.00. The summed E-state index contributed by atoms with van der Waals surface area (Å²) in [7, 11) is 1.34. The van der Waals surface area contributed by atoms with E-state index in [1.807, 2.05) is 6.08 Å². The lowest BCUT2D eigenvalue weighted by atomic mass is 10.1. The van der Waals surface area contributed by atoms with Gasteiger partial charge in [-0.3, -0.25) is 0 Å². The molecular formula is C8H13NO3. The van der Waals surface area contributed by atoms with E-state index in [0.29, 0.717) is 6.54 Å². The minimum Gasteiger partial charge on any atom is -0.497 e. The number of carbonyl (C=O) groups is 1. The Morgan fingerprint density at radius 2 is 2.67 bits per heavy atom. The van der Waals surface area contributed by atoms with Crippen molar-refractivity contribution in [2.75, 3.05) is 13.7 Å². The largest absolute Gasteiger partial charge is 0.497 e. The van der Waals surface area contributed by atoms with Gasteiger partial charge in [0.1, 0.15) is 6.10 Å². The summed E-state index contributed by atoms with van der Waals surface area (Å²) in [6.45, 7) is 0.511. The lowest BCUT2D eigenvalue weighted by molar-refractivity contribution is 0.115. The van der Waals surface area contributed by atoms with Crippen LogP contribution in [0.15, 0.2) is 12.3 Å². The number of alkyl carbamates (subject to hydrolysis) is 1.